The molecule has 0 unspecified atom stereocenters. The van der Waals surface area contributed by atoms with Gasteiger partial charge < -0.3 is 61.2 Å². The van der Waals surface area contributed by atoms with Crippen molar-refractivity contribution in [2.45, 2.75) is 199 Å². The van der Waals surface area contributed by atoms with Gasteiger partial charge in [-0.3, -0.25) is 43.2 Å². The molecule has 0 aliphatic carbocycles. The highest BCUT2D eigenvalue weighted by molar-refractivity contribution is 5.87. The highest BCUT2D eigenvalue weighted by Crippen LogP contribution is 2.15. The van der Waals surface area contributed by atoms with Crippen LogP contribution in [-0.2, 0) is 67.0 Å². The number of hydrogen-bond acceptors (Lipinski definition) is 14. The molecule has 0 aliphatic heterocycles. The van der Waals surface area contributed by atoms with E-state index in [1.807, 2.05) is 6.92 Å². The first-order valence-corrected chi connectivity index (χ1v) is 27.4. The maximum atomic E-state index is 12.5. The number of carboxylic acid groups (broad SMARTS) is 4. The van der Waals surface area contributed by atoms with E-state index in [9.17, 15) is 68.1 Å². The van der Waals surface area contributed by atoms with E-state index in [1.54, 1.807) is 0 Å². The molecule has 23 nitrogen and oxygen atoms in total. The molecule has 0 heterocycles. The first kappa shape index (κ1) is 70.5. The topological polar surface area (TPSA) is 357 Å². The number of carboxylic acids is 4. The van der Waals surface area contributed by atoms with E-state index in [4.69, 9.17) is 19.3 Å². The zero-order valence-corrected chi connectivity index (χ0v) is 45.3. The zero-order chi connectivity index (χ0) is 56.8. The Bertz CT molecular complexity index is 1730. The Labute approximate surface area is 448 Å². The van der Waals surface area contributed by atoms with Crippen LogP contribution in [0.25, 0.3) is 0 Å². The molecule has 0 bridgehead atoms. The quantitative estimate of drug-likeness (QED) is 0.0375. The second kappa shape index (κ2) is 46.7. The van der Waals surface area contributed by atoms with E-state index in [0.717, 1.165) is 70.6 Å². The van der Waals surface area contributed by atoms with E-state index >= 15 is 0 Å². The number of carbonyl (C=O) groups is 11. The van der Waals surface area contributed by atoms with Gasteiger partial charge in [-0.15, -0.1) is 0 Å². The number of ether oxygens (including phenoxy) is 3. The van der Waals surface area contributed by atoms with Crippen molar-refractivity contribution in [3.05, 3.63) is 0 Å². The van der Waals surface area contributed by atoms with E-state index < -0.39 is 72.5 Å². The van der Waals surface area contributed by atoms with Gasteiger partial charge in [0.25, 0.3) is 0 Å². The molecule has 0 fully saturated rings. The van der Waals surface area contributed by atoms with Crippen LogP contribution in [0.15, 0.2) is 0 Å². The van der Waals surface area contributed by atoms with Gasteiger partial charge in [-0.2, -0.15) is 0 Å². The highest BCUT2D eigenvalue weighted by Gasteiger charge is 2.26. The second-order valence-electron chi connectivity index (χ2n) is 19.3. The molecule has 0 spiro atoms. The number of hydrogen-bond donors (Lipinski definition) is 9. The van der Waals surface area contributed by atoms with Gasteiger partial charge in [-0.25, -0.2) is 9.59 Å². The second-order valence-corrected chi connectivity index (χ2v) is 19.3. The smallest absolute Gasteiger partial charge is 0.326 e. The van der Waals surface area contributed by atoms with Crippen LogP contribution < -0.4 is 26.6 Å². The lowest BCUT2D eigenvalue weighted by atomic mass is 9.97. The van der Waals surface area contributed by atoms with Crippen LogP contribution in [-0.4, -0.2) is 157 Å². The van der Waals surface area contributed by atoms with Crippen molar-refractivity contribution in [2.75, 3.05) is 59.3 Å². The number of amides is 5. The maximum Gasteiger partial charge on any atom is 0.326 e. The Morgan fingerprint density at radius 2 is 0.842 bits per heavy atom. The normalized spacial score (nSPS) is 12.6. The predicted molar refractivity (Wildman–Crippen MR) is 279 cm³/mol. The maximum absolute atomic E-state index is 12.5. The number of rotatable bonds is 53. The summed E-state index contributed by atoms with van der Waals surface area (Å²) in [5.41, 5.74) is 0. The number of carbonyl (C=O) groups excluding carboxylic acids is 7. The molecular formula is C53H91N5O18. The summed E-state index contributed by atoms with van der Waals surface area (Å²) in [6.45, 7) is 4.30. The summed E-state index contributed by atoms with van der Waals surface area (Å²) < 4.78 is 16.0. The summed E-state index contributed by atoms with van der Waals surface area (Å²) in [5.74, 6) is -8.43. The predicted octanol–water partition coefficient (Wildman–Crippen LogP) is 4.64. The monoisotopic (exact) mass is 1090 g/mol. The molecule has 0 aromatic carbocycles. The summed E-state index contributed by atoms with van der Waals surface area (Å²) in [4.78, 5) is 131. The van der Waals surface area contributed by atoms with Crippen molar-refractivity contribution in [3.8, 4) is 0 Å². The van der Waals surface area contributed by atoms with Gasteiger partial charge in [-0.1, -0.05) is 77.6 Å². The van der Waals surface area contributed by atoms with Gasteiger partial charge >= 0.3 is 23.9 Å². The number of aliphatic carboxylic acids is 4. The van der Waals surface area contributed by atoms with Crippen LogP contribution in [0.5, 0.6) is 0 Å². The van der Waals surface area contributed by atoms with E-state index in [2.05, 4.69) is 26.6 Å². The van der Waals surface area contributed by atoms with Crippen LogP contribution in [0.1, 0.15) is 187 Å². The molecule has 436 valence electrons. The molecule has 5 amide bonds. The molecule has 0 aliphatic rings. The Morgan fingerprint density at radius 1 is 0.395 bits per heavy atom. The Morgan fingerprint density at radius 3 is 1.36 bits per heavy atom. The van der Waals surface area contributed by atoms with Crippen molar-refractivity contribution in [1.29, 1.82) is 0 Å². The van der Waals surface area contributed by atoms with Crippen LogP contribution in [0, 0.1) is 11.8 Å². The fraction of sp³-hybridized carbons (Fsp3) is 0.792. The van der Waals surface area contributed by atoms with Crippen LogP contribution in [0.4, 0.5) is 0 Å². The number of Topliss-reactive ketones (excluding diaryl/α,β-unsaturated/α-hetero) is 2. The summed E-state index contributed by atoms with van der Waals surface area (Å²) in [6, 6.07) is -2.52. The minimum absolute atomic E-state index is 0.0129. The Kier molecular flexibility index (Phi) is 43.3. The lowest BCUT2D eigenvalue weighted by Crippen LogP contribution is -2.42. The number of ketones is 2. The largest absolute Gasteiger partial charge is 0.481 e. The molecule has 0 aromatic rings. The van der Waals surface area contributed by atoms with Gasteiger partial charge in [0, 0.05) is 70.7 Å². The molecule has 4 atom stereocenters. The van der Waals surface area contributed by atoms with Gasteiger partial charge in [0.2, 0.25) is 29.5 Å². The van der Waals surface area contributed by atoms with E-state index in [0.29, 0.717) is 58.2 Å². The average molecular weight is 1090 g/mol. The molecule has 76 heavy (non-hydrogen) atoms. The molecule has 0 aromatic heterocycles. The van der Waals surface area contributed by atoms with Gasteiger partial charge in [-0.05, 0) is 71.1 Å². The van der Waals surface area contributed by atoms with Gasteiger partial charge in [0.1, 0.15) is 31.1 Å². The lowest BCUT2D eigenvalue weighted by Gasteiger charge is -2.16. The highest BCUT2D eigenvalue weighted by atomic mass is 16.5. The third-order valence-electron chi connectivity index (χ3n) is 12.5. The minimum Gasteiger partial charge on any atom is -0.481 e. The third kappa shape index (κ3) is 43.7. The molecule has 0 saturated heterocycles. The van der Waals surface area contributed by atoms with Crippen LogP contribution in [0.2, 0.25) is 0 Å². The molecule has 23 heteroatoms. The Balaban J connectivity index is 3.97. The summed E-state index contributed by atoms with van der Waals surface area (Å²) in [6.07, 6.45) is 15.3. The molecule has 0 rings (SSSR count). The Hall–Kier alpha value is -5.55. The standard InChI is InChI=1S/C53H91N5O18/c1-39(40(2)59)20-16-18-30-55-46(62)28-25-44(53(72)73)58-48(64)26-23-41(51(68)69)36-42(60)37-76-35-34-74-33-31-56-49(65)38-75-32-19-13-17-29-54-45(61)27-24-43(52(70)71)57-47(63)21-14-11-9-7-5-3-4-6-8-10-12-15-22-50(66)67/h39,41,43-44H,3-38H2,1-2H3,(H,54,61)(H,55,62)(H,56,65)(H,57,63)(H,58,64)(H,66,67)(H,68,69)(H,70,71)(H,72,73)/t39-,41+,43-,44-/m0/s1. The molecular weight excluding hydrogens is 995 g/mol. The fourth-order valence-electron chi connectivity index (χ4n) is 7.68. The minimum atomic E-state index is -1.37. The van der Waals surface area contributed by atoms with Gasteiger partial charge in [0.05, 0.1) is 25.7 Å². The van der Waals surface area contributed by atoms with Crippen molar-refractivity contribution in [3.63, 3.8) is 0 Å². The third-order valence-corrected chi connectivity index (χ3v) is 12.5. The summed E-state index contributed by atoms with van der Waals surface area (Å²) in [7, 11) is 0. The van der Waals surface area contributed by atoms with Crippen LogP contribution >= 0.6 is 0 Å². The average Bonchev–Trinajstić information content (AvgIpc) is 3.36. The SMILES string of the molecule is CC(=O)[C@@H](C)CCCCNC(=O)CC[C@H](NC(=O)CC[C@H](CC(=O)COCCOCCNC(=O)COCCCCCNC(=O)CC[C@H](NC(=O)CCCCCCCCCCCCCCC(=O)O)C(=O)O)C(=O)O)C(=O)O. The van der Waals surface area contributed by atoms with Crippen molar-refractivity contribution < 1.29 is 87.4 Å². The molecule has 9 N–H and O–H groups in total. The zero-order valence-electron chi connectivity index (χ0n) is 45.3. The first-order chi connectivity index (χ1) is 36.3. The first-order valence-electron chi connectivity index (χ1n) is 27.4. The number of nitrogens with one attached hydrogen (secondary N) is 5. The van der Waals surface area contributed by atoms with Crippen LogP contribution in [0.3, 0.4) is 0 Å². The lowest BCUT2D eigenvalue weighted by molar-refractivity contribution is -0.145. The molecule has 0 saturated carbocycles. The van der Waals surface area contributed by atoms with Crippen molar-refractivity contribution in [1.82, 2.24) is 26.6 Å². The van der Waals surface area contributed by atoms with E-state index in [-0.39, 0.29) is 114 Å². The number of unbranched alkanes of at least 4 members (excludes halogenated alkanes) is 14. The molecule has 0 radical (unpaired) electrons. The van der Waals surface area contributed by atoms with E-state index in [1.165, 1.54) is 13.3 Å². The summed E-state index contributed by atoms with van der Waals surface area (Å²) in [5, 5.41) is 50.2. The van der Waals surface area contributed by atoms with Crippen molar-refractivity contribution in [2.24, 2.45) is 11.8 Å². The van der Waals surface area contributed by atoms with Gasteiger partial charge in [0.15, 0.2) is 5.78 Å². The fourth-order valence-corrected chi connectivity index (χ4v) is 7.68. The summed E-state index contributed by atoms with van der Waals surface area (Å²) >= 11 is 0. The van der Waals surface area contributed by atoms with Crippen molar-refractivity contribution >= 4 is 65.0 Å².